The van der Waals surface area contributed by atoms with E-state index in [1.54, 1.807) is 0 Å². The molecule has 0 spiro atoms. The molecular formula is C23H25ClN2O3. The Kier molecular flexibility index (Phi) is 6.40. The molecule has 1 heterocycles. The van der Waals surface area contributed by atoms with Crippen LogP contribution in [0.25, 0.3) is 11.0 Å². The highest BCUT2D eigenvalue weighted by molar-refractivity contribution is 6.32. The SMILES string of the molecule is CCc1cc2oc(=O)cc(CN(C)CC(=O)Nc3cccc(C)c3C)c2cc1Cl. The maximum Gasteiger partial charge on any atom is 0.336 e. The number of benzene rings is 2. The summed E-state index contributed by atoms with van der Waals surface area (Å²) in [6.07, 6.45) is 0.751. The quantitative estimate of drug-likeness (QED) is 0.596. The Hall–Kier alpha value is -2.63. The predicted molar refractivity (Wildman–Crippen MR) is 118 cm³/mol. The lowest BCUT2D eigenvalue weighted by atomic mass is 10.1. The Labute approximate surface area is 175 Å². The Morgan fingerprint density at radius 2 is 1.93 bits per heavy atom. The zero-order valence-electron chi connectivity index (χ0n) is 17.1. The van der Waals surface area contributed by atoms with Crippen molar-refractivity contribution >= 4 is 34.2 Å². The van der Waals surface area contributed by atoms with Crippen molar-refractivity contribution < 1.29 is 9.21 Å². The summed E-state index contributed by atoms with van der Waals surface area (Å²) in [5, 5.41) is 4.39. The van der Waals surface area contributed by atoms with E-state index in [1.807, 2.05) is 63.1 Å². The van der Waals surface area contributed by atoms with Gasteiger partial charge in [-0.3, -0.25) is 9.69 Å². The Morgan fingerprint density at radius 3 is 2.66 bits per heavy atom. The third kappa shape index (κ3) is 4.86. The molecule has 0 fully saturated rings. The largest absolute Gasteiger partial charge is 0.423 e. The Balaban J connectivity index is 1.78. The molecule has 0 saturated carbocycles. The van der Waals surface area contributed by atoms with Gasteiger partial charge in [0.05, 0.1) is 6.54 Å². The van der Waals surface area contributed by atoms with Crippen molar-refractivity contribution in [3.63, 3.8) is 0 Å². The van der Waals surface area contributed by atoms with Gasteiger partial charge in [0.15, 0.2) is 0 Å². The van der Waals surface area contributed by atoms with E-state index in [2.05, 4.69) is 5.32 Å². The molecule has 0 atom stereocenters. The first-order valence-electron chi connectivity index (χ1n) is 9.58. The molecule has 1 aromatic heterocycles. The molecule has 1 amide bonds. The molecule has 0 unspecified atom stereocenters. The molecule has 0 aliphatic rings. The second-order valence-electron chi connectivity index (χ2n) is 7.35. The van der Waals surface area contributed by atoms with Gasteiger partial charge in [0.2, 0.25) is 5.91 Å². The predicted octanol–water partition coefficient (Wildman–Crippen LogP) is 4.70. The number of fused-ring (bicyclic) bond motifs is 1. The van der Waals surface area contributed by atoms with E-state index in [9.17, 15) is 9.59 Å². The number of anilines is 1. The summed E-state index contributed by atoms with van der Waals surface area (Å²) in [6, 6.07) is 10.9. The molecular weight excluding hydrogens is 388 g/mol. The van der Waals surface area contributed by atoms with Gasteiger partial charge in [-0.1, -0.05) is 30.7 Å². The first kappa shape index (κ1) is 21.1. The lowest BCUT2D eigenvalue weighted by Gasteiger charge is -2.18. The molecule has 5 nitrogen and oxygen atoms in total. The normalized spacial score (nSPS) is 11.2. The average molecular weight is 413 g/mol. The number of carbonyl (C=O) groups is 1. The molecule has 3 rings (SSSR count). The molecule has 0 radical (unpaired) electrons. The number of carbonyl (C=O) groups excluding carboxylic acids is 1. The van der Waals surface area contributed by atoms with Crippen molar-refractivity contribution in [2.75, 3.05) is 18.9 Å². The van der Waals surface area contributed by atoms with Crippen LogP contribution in [0.1, 0.15) is 29.2 Å². The molecule has 6 heteroatoms. The highest BCUT2D eigenvalue weighted by Gasteiger charge is 2.14. The summed E-state index contributed by atoms with van der Waals surface area (Å²) in [7, 11) is 1.84. The lowest BCUT2D eigenvalue weighted by molar-refractivity contribution is -0.117. The van der Waals surface area contributed by atoms with Gasteiger partial charge in [0.25, 0.3) is 0 Å². The number of likely N-dealkylation sites (N-methyl/N-ethyl adjacent to an activating group) is 1. The number of halogens is 1. The van der Waals surface area contributed by atoms with Crippen LogP contribution in [0.15, 0.2) is 45.6 Å². The van der Waals surface area contributed by atoms with Crippen LogP contribution in [0.2, 0.25) is 5.02 Å². The molecule has 152 valence electrons. The zero-order valence-corrected chi connectivity index (χ0v) is 17.9. The molecule has 1 N–H and O–H groups in total. The van der Waals surface area contributed by atoms with E-state index in [1.165, 1.54) is 6.07 Å². The van der Waals surface area contributed by atoms with E-state index in [0.29, 0.717) is 17.2 Å². The van der Waals surface area contributed by atoms with E-state index in [4.69, 9.17) is 16.0 Å². The van der Waals surface area contributed by atoms with Crippen LogP contribution in [0.4, 0.5) is 5.69 Å². The fraction of sp³-hybridized carbons (Fsp3) is 0.304. The van der Waals surface area contributed by atoms with Crippen molar-refractivity contribution in [3.05, 3.63) is 74.1 Å². The fourth-order valence-electron chi connectivity index (χ4n) is 3.36. The van der Waals surface area contributed by atoms with Gasteiger partial charge in [0, 0.05) is 28.7 Å². The maximum absolute atomic E-state index is 12.5. The molecule has 0 aliphatic heterocycles. The molecule has 0 aliphatic carbocycles. The number of nitrogens with one attached hydrogen (secondary N) is 1. The Morgan fingerprint density at radius 1 is 1.17 bits per heavy atom. The van der Waals surface area contributed by atoms with E-state index < -0.39 is 5.63 Å². The summed E-state index contributed by atoms with van der Waals surface area (Å²) >= 11 is 6.36. The standard InChI is InChI=1S/C23H25ClN2O3/c1-5-16-9-21-18(11-19(16)24)17(10-23(28)29-21)12-26(4)13-22(27)25-20-8-6-7-14(2)15(20)3/h6-11H,5,12-13H2,1-4H3,(H,25,27). The van der Waals surface area contributed by atoms with Gasteiger partial charge >= 0.3 is 5.63 Å². The topological polar surface area (TPSA) is 62.6 Å². The summed E-state index contributed by atoms with van der Waals surface area (Å²) in [5.74, 6) is -0.111. The Bertz CT molecular complexity index is 1120. The summed E-state index contributed by atoms with van der Waals surface area (Å²) in [4.78, 5) is 26.4. The summed E-state index contributed by atoms with van der Waals surface area (Å²) in [6.45, 7) is 6.61. The molecule has 2 aromatic carbocycles. The maximum atomic E-state index is 12.5. The van der Waals surface area contributed by atoms with Gasteiger partial charge < -0.3 is 9.73 Å². The lowest BCUT2D eigenvalue weighted by Crippen LogP contribution is -2.30. The van der Waals surface area contributed by atoms with Gasteiger partial charge in [-0.2, -0.15) is 0 Å². The molecule has 0 saturated heterocycles. The molecule has 29 heavy (non-hydrogen) atoms. The number of aryl methyl sites for hydroxylation is 2. The van der Waals surface area contributed by atoms with Crippen LogP contribution in [0, 0.1) is 13.8 Å². The van der Waals surface area contributed by atoms with Gasteiger partial charge in [-0.15, -0.1) is 0 Å². The first-order valence-corrected chi connectivity index (χ1v) is 9.96. The van der Waals surface area contributed by atoms with Crippen molar-refractivity contribution in [2.24, 2.45) is 0 Å². The minimum absolute atomic E-state index is 0.111. The van der Waals surface area contributed by atoms with Crippen LogP contribution >= 0.6 is 11.6 Å². The summed E-state index contributed by atoms with van der Waals surface area (Å²) < 4.78 is 5.35. The summed E-state index contributed by atoms with van der Waals surface area (Å²) in [5.41, 5.74) is 4.81. The minimum Gasteiger partial charge on any atom is -0.423 e. The van der Waals surface area contributed by atoms with Crippen molar-refractivity contribution in [3.8, 4) is 0 Å². The van der Waals surface area contributed by atoms with Crippen LogP contribution in [-0.2, 0) is 17.8 Å². The van der Waals surface area contributed by atoms with Crippen LogP contribution < -0.4 is 10.9 Å². The van der Waals surface area contributed by atoms with Gasteiger partial charge in [-0.25, -0.2) is 4.79 Å². The monoisotopic (exact) mass is 412 g/mol. The third-order valence-corrected chi connectivity index (χ3v) is 5.46. The van der Waals surface area contributed by atoms with Crippen LogP contribution in [0.3, 0.4) is 0 Å². The van der Waals surface area contributed by atoms with Crippen LogP contribution in [-0.4, -0.2) is 24.4 Å². The molecule has 0 bridgehead atoms. The average Bonchev–Trinajstić information content (AvgIpc) is 2.65. The number of hydrogen-bond donors (Lipinski definition) is 1. The van der Waals surface area contributed by atoms with Gasteiger partial charge in [-0.05, 0) is 67.8 Å². The van der Waals surface area contributed by atoms with Crippen molar-refractivity contribution in [1.82, 2.24) is 4.90 Å². The number of amides is 1. The minimum atomic E-state index is -0.412. The number of hydrogen-bond acceptors (Lipinski definition) is 4. The van der Waals surface area contributed by atoms with Crippen LogP contribution in [0.5, 0.6) is 0 Å². The zero-order chi connectivity index (χ0) is 21.1. The van der Waals surface area contributed by atoms with E-state index in [0.717, 1.165) is 39.7 Å². The van der Waals surface area contributed by atoms with E-state index in [-0.39, 0.29) is 12.5 Å². The first-order chi connectivity index (χ1) is 13.8. The second kappa shape index (κ2) is 8.80. The van der Waals surface area contributed by atoms with Gasteiger partial charge in [0.1, 0.15) is 5.58 Å². The third-order valence-electron chi connectivity index (χ3n) is 5.11. The van der Waals surface area contributed by atoms with E-state index >= 15 is 0 Å². The smallest absolute Gasteiger partial charge is 0.336 e. The van der Waals surface area contributed by atoms with Crippen molar-refractivity contribution in [1.29, 1.82) is 0 Å². The highest BCUT2D eigenvalue weighted by atomic mass is 35.5. The molecule has 3 aromatic rings. The highest BCUT2D eigenvalue weighted by Crippen LogP contribution is 2.26. The number of nitrogens with zero attached hydrogens (tertiary/aromatic N) is 1. The number of rotatable bonds is 6. The fourth-order valence-corrected chi connectivity index (χ4v) is 3.66. The van der Waals surface area contributed by atoms with Crippen molar-refractivity contribution in [2.45, 2.75) is 33.7 Å². The second-order valence-corrected chi connectivity index (χ2v) is 7.76.